The van der Waals surface area contributed by atoms with Crippen LogP contribution in [0.25, 0.3) is 0 Å². The quantitative estimate of drug-likeness (QED) is 0.800. The van der Waals surface area contributed by atoms with Gasteiger partial charge in [-0.1, -0.05) is 6.07 Å². The second-order valence-corrected chi connectivity index (χ2v) is 4.03. The Balaban J connectivity index is 2.22. The van der Waals surface area contributed by atoms with Crippen LogP contribution in [-0.2, 0) is 0 Å². The van der Waals surface area contributed by atoms with Crippen LogP contribution < -0.4 is 11.1 Å². The SMILES string of the molecule is Cc1cccc(C(=O)Nc2ccc(C#N)cc2N)n1. The second-order valence-electron chi connectivity index (χ2n) is 4.03. The normalized spacial score (nSPS) is 9.68. The van der Waals surface area contributed by atoms with Crippen molar-refractivity contribution in [1.82, 2.24) is 4.98 Å². The van der Waals surface area contributed by atoms with Crippen LogP contribution in [0.1, 0.15) is 21.7 Å². The molecule has 19 heavy (non-hydrogen) atoms. The van der Waals surface area contributed by atoms with E-state index in [2.05, 4.69) is 10.3 Å². The summed E-state index contributed by atoms with van der Waals surface area (Å²) < 4.78 is 0. The third-order valence-corrected chi connectivity index (χ3v) is 2.55. The van der Waals surface area contributed by atoms with Crippen molar-refractivity contribution in [3.8, 4) is 6.07 Å². The van der Waals surface area contributed by atoms with Crippen molar-refractivity contribution < 1.29 is 4.79 Å². The number of nitriles is 1. The lowest BCUT2D eigenvalue weighted by atomic mass is 10.2. The van der Waals surface area contributed by atoms with Gasteiger partial charge in [0, 0.05) is 5.69 Å². The van der Waals surface area contributed by atoms with E-state index in [9.17, 15) is 4.79 Å². The molecule has 0 aliphatic rings. The van der Waals surface area contributed by atoms with Gasteiger partial charge in [0.1, 0.15) is 5.69 Å². The topological polar surface area (TPSA) is 91.8 Å². The van der Waals surface area contributed by atoms with Crippen LogP contribution >= 0.6 is 0 Å². The summed E-state index contributed by atoms with van der Waals surface area (Å²) in [6.07, 6.45) is 0. The minimum atomic E-state index is -0.333. The fourth-order valence-corrected chi connectivity index (χ4v) is 1.60. The molecular formula is C14H12N4O. The number of carbonyl (C=O) groups excluding carboxylic acids is 1. The highest BCUT2D eigenvalue weighted by Gasteiger charge is 2.09. The van der Waals surface area contributed by atoms with Gasteiger partial charge in [-0.25, -0.2) is 4.98 Å². The lowest BCUT2D eigenvalue weighted by molar-refractivity contribution is 0.102. The minimum absolute atomic E-state index is 0.323. The Morgan fingerprint density at radius 3 is 2.79 bits per heavy atom. The third kappa shape index (κ3) is 2.87. The number of benzene rings is 1. The van der Waals surface area contributed by atoms with E-state index < -0.39 is 0 Å². The van der Waals surface area contributed by atoms with Crippen molar-refractivity contribution in [2.75, 3.05) is 11.1 Å². The number of carbonyl (C=O) groups is 1. The molecule has 94 valence electrons. The Labute approximate surface area is 110 Å². The molecule has 0 saturated heterocycles. The van der Waals surface area contributed by atoms with E-state index in [4.69, 9.17) is 11.0 Å². The highest BCUT2D eigenvalue weighted by Crippen LogP contribution is 2.20. The monoisotopic (exact) mass is 252 g/mol. The van der Waals surface area contributed by atoms with Gasteiger partial charge < -0.3 is 11.1 Å². The Kier molecular flexibility index (Phi) is 3.44. The lowest BCUT2D eigenvalue weighted by Crippen LogP contribution is -2.15. The molecule has 0 bridgehead atoms. The first kappa shape index (κ1) is 12.6. The van der Waals surface area contributed by atoms with Gasteiger partial charge in [0.2, 0.25) is 0 Å². The zero-order valence-electron chi connectivity index (χ0n) is 10.3. The first-order valence-corrected chi connectivity index (χ1v) is 5.65. The number of pyridine rings is 1. The zero-order valence-corrected chi connectivity index (χ0v) is 10.3. The smallest absolute Gasteiger partial charge is 0.274 e. The molecule has 0 aliphatic heterocycles. The summed E-state index contributed by atoms with van der Waals surface area (Å²) in [5.74, 6) is -0.333. The molecule has 0 fully saturated rings. The van der Waals surface area contributed by atoms with Crippen molar-refractivity contribution in [1.29, 1.82) is 5.26 Å². The van der Waals surface area contributed by atoms with Crippen molar-refractivity contribution in [2.24, 2.45) is 0 Å². The molecular weight excluding hydrogens is 240 g/mol. The molecule has 1 aromatic carbocycles. The van der Waals surface area contributed by atoms with Crippen LogP contribution in [0.15, 0.2) is 36.4 Å². The summed E-state index contributed by atoms with van der Waals surface area (Å²) in [4.78, 5) is 16.1. The number of nitrogens with one attached hydrogen (secondary N) is 1. The first-order chi connectivity index (χ1) is 9.10. The zero-order chi connectivity index (χ0) is 13.8. The predicted octanol–water partition coefficient (Wildman–Crippen LogP) is 2.10. The van der Waals surface area contributed by atoms with Crippen LogP contribution in [0.2, 0.25) is 0 Å². The van der Waals surface area contributed by atoms with E-state index in [1.807, 2.05) is 19.1 Å². The maximum absolute atomic E-state index is 12.0. The highest BCUT2D eigenvalue weighted by molar-refractivity contribution is 6.04. The molecule has 2 rings (SSSR count). The molecule has 0 aliphatic carbocycles. The number of rotatable bonds is 2. The first-order valence-electron chi connectivity index (χ1n) is 5.65. The summed E-state index contributed by atoms with van der Waals surface area (Å²) in [5, 5.41) is 11.4. The molecule has 5 nitrogen and oxygen atoms in total. The van der Waals surface area contributed by atoms with Gasteiger partial charge in [0.25, 0.3) is 5.91 Å². The van der Waals surface area contributed by atoms with Crippen molar-refractivity contribution >= 4 is 17.3 Å². The summed E-state index contributed by atoms with van der Waals surface area (Å²) >= 11 is 0. The number of hydrogen-bond acceptors (Lipinski definition) is 4. The fourth-order valence-electron chi connectivity index (χ4n) is 1.60. The maximum Gasteiger partial charge on any atom is 0.274 e. The molecule has 3 N–H and O–H groups in total. The summed E-state index contributed by atoms with van der Waals surface area (Å²) in [5.41, 5.74) is 8.11. The average Bonchev–Trinajstić information content (AvgIpc) is 2.41. The Hall–Kier alpha value is -2.87. The Morgan fingerprint density at radius 2 is 2.16 bits per heavy atom. The standard InChI is InChI=1S/C14H12N4O/c1-9-3-2-4-13(17-9)14(19)18-12-6-5-10(8-15)7-11(12)16/h2-7H,16H2,1H3,(H,18,19). The van der Waals surface area contributed by atoms with Gasteiger partial charge in [0.15, 0.2) is 0 Å². The predicted molar refractivity (Wildman–Crippen MR) is 72.5 cm³/mol. The molecule has 0 unspecified atom stereocenters. The Morgan fingerprint density at radius 1 is 1.37 bits per heavy atom. The fraction of sp³-hybridized carbons (Fsp3) is 0.0714. The van der Waals surface area contributed by atoms with Crippen LogP contribution in [0.3, 0.4) is 0 Å². The van der Waals surface area contributed by atoms with Gasteiger partial charge in [-0.3, -0.25) is 4.79 Å². The number of amides is 1. The minimum Gasteiger partial charge on any atom is -0.397 e. The number of nitrogens with two attached hydrogens (primary N) is 1. The van der Waals surface area contributed by atoms with Crippen LogP contribution in [0.4, 0.5) is 11.4 Å². The van der Waals surface area contributed by atoms with E-state index in [0.29, 0.717) is 22.6 Å². The average molecular weight is 252 g/mol. The third-order valence-electron chi connectivity index (χ3n) is 2.55. The van der Waals surface area contributed by atoms with E-state index in [1.165, 1.54) is 6.07 Å². The van der Waals surface area contributed by atoms with Crippen LogP contribution in [-0.4, -0.2) is 10.9 Å². The van der Waals surface area contributed by atoms with E-state index in [0.717, 1.165) is 5.69 Å². The lowest BCUT2D eigenvalue weighted by Gasteiger charge is -2.08. The van der Waals surface area contributed by atoms with Crippen molar-refractivity contribution in [3.05, 3.63) is 53.3 Å². The molecule has 0 saturated carbocycles. The molecule has 0 atom stereocenters. The van der Waals surface area contributed by atoms with E-state index >= 15 is 0 Å². The number of hydrogen-bond donors (Lipinski definition) is 2. The number of nitrogens with zero attached hydrogens (tertiary/aromatic N) is 2. The molecule has 0 radical (unpaired) electrons. The number of nitrogen functional groups attached to an aromatic ring is 1. The molecule has 1 aromatic heterocycles. The summed E-state index contributed by atoms with van der Waals surface area (Å²) in [7, 11) is 0. The van der Waals surface area contributed by atoms with Gasteiger partial charge in [-0.15, -0.1) is 0 Å². The van der Waals surface area contributed by atoms with Gasteiger partial charge in [0.05, 0.1) is 23.0 Å². The number of anilines is 2. The van der Waals surface area contributed by atoms with Crippen molar-refractivity contribution in [3.63, 3.8) is 0 Å². The van der Waals surface area contributed by atoms with E-state index in [-0.39, 0.29) is 5.91 Å². The summed E-state index contributed by atoms with van der Waals surface area (Å²) in [6, 6.07) is 11.9. The molecule has 5 heteroatoms. The second kappa shape index (κ2) is 5.19. The molecule has 1 heterocycles. The van der Waals surface area contributed by atoms with Crippen LogP contribution in [0.5, 0.6) is 0 Å². The molecule has 0 spiro atoms. The number of aryl methyl sites for hydroxylation is 1. The van der Waals surface area contributed by atoms with Gasteiger partial charge >= 0.3 is 0 Å². The largest absolute Gasteiger partial charge is 0.397 e. The van der Waals surface area contributed by atoms with Crippen molar-refractivity contribution in [2.45, 2.75) is 6.92 Å². The number of aromatic nitrogens is 1. The highest BCUT2D eigenvalue weighted by atomic mass is 16.1. The Bertz CT molecular complexity index is 673. The summed E-state index contributed by atoms with van der Waals surface area (Å²) in [6.45, 7) is 1.81. The molecule has 1 amide bonds. The van der Waals surface area contributed by atoms with Gasteiger partial charge in [-0.05, 0) is 37.3 Å². The maximum atomic E-state index is 12.0. The van der Waals surface area contributed by atoms with Crippen LogP contribution in [0, 0.1) is 18.3 Å². The van der Waals surface area contributed by atoms with E-state index in [1.54, 1.807) is 24.3 Å². The van der Waals surface area contributed by atoms with Gasteiger partial charge in [-0.2, -0.15) is 5.26 Å². The molecule has 2 aromatic rings.